The zero-order valence-corrected chi connectivity index (χ0v) is 24.6. The molecule has 1 aromatic carbocycles. The van der Waals surface area contributed by atoms with Crippen molar-refractivity contribution in [3.63, 3.8) is 0 Å². The van der Waals surface area contributed by atoms with Gasteiger partial charge in [0.15, 0.2) is 0 Å². The van der Waals surface area contributed by atoms with Crippen molar-refractivity contribution in [2.24, 2.45) is 0 Å². The fourth-order valence-corrected chi connectivity index (χ4v) is 6.55. The van der Waals surface area contributed by atoms with E-state index in [9.17, 15) is 13.2 Å². The van der Waals surface area contributed by atoms with E-state index in [1.165, 1.54) is 18.3 Å². The highest BCUT2D eigenvalue weighted by Crippen LogP contribution is 2.59. The number of rotatable bonds is 9. The number of nitrogens with zero attached hydrogens (tertiary/aromatic N) is 5. The van der Waals surface area contributed by atoms with Crippen LogP contribution < -0.4 is 19.7 Å². The number of halogens is 1. The first-order valence-electron chi connectivity index (χ1n) is 13.7. The van der Waals surface area contributed by atoms with E-state index in [1.807, 2.05) is 30.8 Å². The smallest absolute Gasteiger partial charge is 0.238 e. The van der Waals surface area contributed by atoms with Crippen LogP contribution in [0.4, 0.5) is 15.8 Å². The SMILES string of the molecule is CC(C)NCCOc1ncc(-c2cc3c4c(cnc3cc2F)N(C)C(=O)C42CC(n3cccn3)C2)cc1NS(C)(=O)=O. The number of fused-ring (bicyclic) bond motifs is 4. The van der Waals surface area contributed by atoms with Gasteiger partial charge >= 0.3 is 0 Å². The number of carbonyl (C=O) groups is 1. The van der Waals surface area contributed by atoms with Crippen LogP contribution in [0.25, 0.3) is 22.0 Å². The fourth-order valence-electron chi connectivity index (χ4n) is 6.01. The van der Waals surface area contributed by atoms with Crippen molar-refractivity contribution in [3.8, 4) is 17.0 Å². The lowest BCUT2D eigenvalue weighted by molar-refractivity contribution is -0.127. The van der Waals surface area contributed by atoms with Crippen LogP contribution in [0.3, 0.4) is 0 Å². The van der Waals surface area contributed by atoms with Gasteiger partial charge in [0.1, 0.15) is 18.1 Å². The topological polar surface area (TPSA) is 131 Å². The summed E-state index contributed by atoms with van der Waals surface area (Å²) in [4.78, 5) is 24.0. The second-order valence-corrected chi connectivity index (χ2v) is 13.0. The molecule has 3 aromatic heterocycles. The summed E-state index contributed by atoms with van der Waals surface area (Å²) in [7, 11) is -1.95. The summed E-state index contributed by atoms with van der Waals surface area (Å²) in [5, 5.41) is 8.24. The lowest BCUT2D eigenvalue weighted by Gasteiger charge is -2.44. The summed E-state index contributed by atoms with van der Waals surface area (Å²) in [5.41, 5.74) is 1.84. The highest BCUT2D eigenvalue weighted by atomic mass is 32.2. The van der Waals surface area contributed by atoms with Crippen molar-refractivity contribution in [1.29, 1.82) is 0 Å². The Morgan fingerprint density at radius 2 is 1.98 bits per heavy atom. The number of ether oxygens (including phenoxy) is 1. The van der Waals surface area contributed by atoms with Crippen LogP contribution in [-0.4, -0.2) is 66.6 Å². The number of hydrogen-bond acceptors (Lipinski definition) is 8. The van der Waals surface area contributed by atoms with E-state index in [0.29, 0.717) is 41.5 Å². The molecular formula is C29H32FN7O4S. The Labute approximate surface area is 243 Å². The first-order chi connectivity index (χ1) is 20.0. The van der Waals surface area contributed by atoms with Gasteiger partial charge in [-0.25, -0.2) is 17.8 Å². The van der Waals surface area contributed by atoms with Crippen LogP contribution >= 0.6 is 0 Å². The van der Waals surface area contributed by atoms with Crippen molar-refractivity contribution in [3.05, 3.63) is 60.4 Å². The Balaban J connectivity index is 1.41. The van der Waals surface area contributed by atoms with Crippen LogP contribution in [0.5, 0.6) is 5.88 Å². The standard InChI is InChI=1S/C29H32FN7O4S/c1-17(2)31-7-9-41-27-24(35-42(4,39)40)10-18(15-33-27)20-11-21-23(12-22(20)30)32-16-25-26(21)29(28(38)36(25)3)13-19(14-29)37-8-5-6-34-37/h5-6,8,10-12,15-17,19,31,35H,7,9,13-14H2,1-4H3. The third-order valence-corrected chi connectivity index (χ3v) is 8.50. The zero-order chi connectivity index (χ0) is 29.8. The van der Waals surface area contributed by atoms with Crippen molar-refractivity contribution in [2.45, 2.75) is 44.2 Å². The Hall–Kier alpha value is -4.10. The molecule has 1 spiro atoms. The average molecular weight is 594 g/mol. The summed E-state index contributed by atoms with van der Waals surface area (Å²) >= 11 is 0. The molecule has 1 fully saturated rings. The fraction of sp³-hybridized carbons (Fsp3) is 0.379. The molecule has 6 rings (SSSR count). The summed E-state index contributed by atoms with van der Waals surface area (Å²) < 4.78 is 49.9. The molecule has 0 radical (unpaired) electrons. The largest absolute Gasteiger partial charge is 0.475 e. The molecule has 0 saturated heterocycles. The molecule has 1 saturated carbocycles. The first kappa shape index (κ1) is 28.0. The van der Waals surface area contributed by atoms with E-state index in [2.05, 4.69) is 25.1 Å². The monoisotopic (exact) mass is 593 g/mol. The van der Waals surface area contributed by atoms with Gasteiger partial charge in [0.25, 0.3) is 0 Å². The number of pyridine rings is 2. The molecule has 2 N–H and O–H groups in total. The third-order valence-electron chi connectivity index (χ3n) is 7.91. The van der Waals surface area contributed by atoms with Gasteiger partial charge in [0.05, 0.1) is 35.1 Å². The van der Waals surface area contributed by atoms with Gasteiger partial charge in [0, 0.05) is 66.4 Å². The predicted octanol–water partition coefficient (Wildman–Crippen LogP) is 3.63. The van der Waals surface area contributed by atoms with Crippen LogP contribution in [0, 0.1) is 5.82 Å². The Morgan fingerprint density at radius 3 is 2.67 bits per heavy atom. The third kappa shape index (κ3) is 4.86. The van der Waals surface area contributed by atoms with E-state index < -0.39 is 21.3 Å². The van der Waals surface area contributed by atoms with Gasteiger partial charge in [-0.2, -0.15) is 5.10 Å². The van der Waals surface area contributed by atoms with Gasteiger partial charge in [-0.1, -0.05) is 13.8 Å². The second-order valence-electron chi connectivity index (χ2n) is 11.3. The first-order valence-corrected chi connectivity index (χ1v) is 15.6. The molecule has 1 aliphatic carbocycles. The van der Waals surface area contributed by atoms with Gasteiger partial charge in [0.2, 0.25) is 21.8 Å². The van der Waals surface area contributed by atoms with Crippen LogP contribution in [-0.2, 0) is 20.2 Å². The summed E-state index contributed by atoms with van der Waals surface area (Å²) in [5.74, 6) is -0.480. The molecule has 2 aliphatic rings. The minimum absolute atomic E-state index is 0.0177. The van der Waals surface area contributed by atoms with Gasteiger partial charge < -0.3 is 15.0 Å². The summed E-state index contributed by atoms with van der Waals surface area (Å²) in [6, 6.07) is 6.72. The van der Waals surface area contributed by atoms with Crippen molar-refractivity contribution >= 4 is 38.2 Å². The number of carbonyl (C=O) groups excluding carboxylic acids is 1. The normalized spacial score (nSPS) is 19.9. The highest BCUT2D eigenvalue weighted by molar-refractivity contribution is 7.92. The highest BCUT2D eigenvalue weighted by Gasteiger charge is 2.59. The Bertz CT molecular complexity index is 1790. The van der Waals surface area contributed by atoms with Gasteiger partial charge in [-0.3, -0.25) is 19.2 Å². The minimum Gasteiger partial charge on any atom is -0.475 e. The summed E-state index contributed by atoms with van der Waals surface area (Å²) in [6.45, 7) is 4.80. The second kappa shape index (κ2) is 10.3. The van der Waals surface area contributed by atoms with Crippen molar-refractivity contribution in [1.82, 2.24) is 25.1 Å². The number of sulfonamides is 1. The quantitative estimate of drug-likeness (QED) is 0.282. The molecule has 11 nitrogen and oxygen atoms in total. The van der Waals surface area contributed by atoms with E-state index in [4.69, 9.17) is 4.74 Å². The number of aromatic nitrogens is 4. The van der Waals surface area contributed by atoms with E-state index >= 15 is 4.39 Å². The van der Waals surface area contributed by atoms with E-state index in [0.717, 1.165) is 11.8 Å². The molecule has 4 heterocycles. The molecule has 0 atom stereocenters. The molecule has 0 unspecified atom stereocenters. The van der Waals surface area contributed by atoms with Crippen LogP contribution in [0.2, 0.25) is 0 Å². The minimum atomic E-state index is -3.68. The maximum absolute atomic E-state index is 15.6. The molecule has 1 aliphatic heterocycles. The molecule has 42 heavy (non-hydrogen) atoms. The van der Waals surface area contributed by atoms with Gasteiger partial charge in [-0.05, 0) is 31.0 Å². The lowest BCUT2D eigenvalue weighted by atomic mass is 9.61. The van der Waals surface area contributed by atoms with Gasteiger partial charge in [-0.15, -0.1) is 0 Å². The van der Waals surface area contributed by atoms with Crippen LogP contribution in [0.15, 0.2) is 49.1 Å². The van der Waals surface area contributed by atoms with E-state index in [1.54, 1.807) is 30.4 Å². The summed E-state index contributed by atoms with van der Waals surface area (Å²) in [6.07, 6.45) is 8.84. The maximum atomic E-state index is 15.6. The molecule has 1 amide bonds. The lowest BCUT2D eigenvalue weighted by Crippen LogP contribution is -2.49. The molecular weight excluding hydrogens is 561 g/mol. The van der Waals surface area contributed by atoms with Crippen LogP contribution in [0.1, 0.15) is 38.3 Å². The number of hydrogen-bond donors (Lipinski definition) is 2. The van der Waals surface area contributed by atoms with Crippen molar-refractivity contribution in [2.75, 3.05) is 36.1 Å². The Kier molecular flexibility index (Phi) is 6.89. The predicted molar refractivity (Wildman–Crippen MR) is 158 cm³/mol. The number of likely N-dealkylation sites (N-methyl/N-ethyl adjacent to an activating group) is 1. The number of nitrogens with one attached hydrogen (secondary N) is 2. The number of benzene rings is 1. The molecule has 4 aromatic rings. The van der Waals surface area contributed by atoms with Crippen molar-refractivity contribution < 1.29 is 22.3 Å². The molecule has 13 heteroatoms. The molecule has 220 valence electrons. The average Bonchev–Trinajstić information content (AvgIpc) is 3.50. The molecule has 0 bridgehead atoms. The Morgan fingerprint density at radius 1 is 1.19 bits per heavy atom. The maximum Gasteiger partial charge on any atom is 0.238 e. The van der Waals surface area contributed by atoms with E-state index in [-0.39, 0.29) is 41.7 Å². The zero-order valence-electron chi connectivity index (χ0n) is 23.8. The number of anilines is 2. The number of amides is 1.